The van der Waals surface area contributed by atoms with Crippen molar-refractivity contribution in [3.05, 3.63) is 35.9 Å². The molecule has 1 aromatic carbocycles. The number of likely N-dealkylation sites (tertiary alicyclic amines) is 1. The van der Waals surface area contributed by atoms with Crippen LogP contribution in [0.4, 0.5) is 0 Å². The van der Waals surface area contributed by atoms with Gasteiger partial charge in [-0.25, -0.2) is 0 Å². The maximum Gasteiger partial charge on any atom is 0.136 e. The highest BCUT2D eigenvalue weighted by Crippen LogP contribution is 2.22. The molecule has 1 heterocycles. The molecule has 92 valence electrons. The van der Waals surface area contributed by atoms with E-state index in [1.54, 1.807) is 0 Å². The molecule has 0 radical (unpaired) electrons. The summed E-state index contributed by atoms with van der Waals surface area (Å²) in [5.74, 6) is 0.785. The Bertz CT molecular complexity index is 341. The molecule has 0 aliphatic carbocycles. The van der Waals surface area contributed by atoms with Crippen molar-refractivity contribution in [3.63, 3.8) is 0 Å². The average Bonchev–Trinajstić information content (AvgIpc) is 2.40. The van der Waals surface area contributed by atoms with Gasteiger partial charge in [-0.15, -0.1) is 0 Å². The van der Waals surface area contributed by atoms with Crippen molar-refractivity contribution >= 4 is 6.29 Å². The quantitative estimate of drug-likeness (QED) is 0.742. The summed E-state index contributed by atoms with van der Waals surface area (Å²) in [6, 6.07) is 10.8. The Hall–Kier alpha value is -1.15. The fourth-order valence-corrected chi connectivity index (χ4v) is 2.60. The van der Waals surface area contributed by atoms with E-state index in [-0.39, 0.29) is 6.04 Å². The number of aldehydes is 1. The Morgan fingerprint density at radius 3 is 2.53 bits per heavy atom. The smallest absolute Gasteiger partial charge is 0.136 e. The predicted octanol–water partition coefficient (Wildman–Crippen LogP) is 2.53. The number of carbonyl (C=O) groups is 1. The van der Waals surface area contributed by atoms with E-state index in [4.69, 9.17) is 0 Å². The van der Waals surface area contributed by atoms with Crippen molar-refractivity contribution in [1.29, 1.82) is 0 Å². The Labute approximate surface area is 104 Å². The first-order valence-electron chi connectivity index (χ1n) is 6.53. The maximum absolute atomic E-state index is 10.7. The summed E-state index contributed by atoms with van der Waals surface area (Å²) in [6.45, 7) is 4.12. The minimum Gasteiger partial charge on any atom is -0.302 e. The Balaban J connectivity index is 1.81. The van der Waals surface area contributed by atoms with Gasteiger partial charge < -0.3 is 4.79 Å². The van der Waals surface area contributed by atoms with Crippen LogP contribution in [-0.4, -0.2) is 30.3 Å². The van der Waals surface area contributed by atoms with E-state index in [0.717, 1.165) is 25.3 Å². The molecule has 0 amide bonds. The highest BCUT2D eigenvalue weighted by atomic mass is 16.1. The zero-order valence-corrected chi connectivity index (χ0v) is 10.5. The topological polar surface area (TPSA) is 20.3 Å². The third-order valence-corrected chi connectivity index (χ3v) is 3.79. The second kappa shape index (κ2) is 5.97. The van der Waals surface area contributed by atoms with Crippen molar-refractivity contribution in [3.8, 4) is 0 Å². The van der Waals surface area contributed by atoms with Crippen LogP contribution in [0.15, 0.2) is 30.3 Å². The van der Waals surface area contributed by atoms with Gasteiger partial charge in [0.05, 0.1) is 6.04 Å². The summed E-state index contributed by atoms with van der Waals surface area (Å²) in [6.07, 6.45) is 4.67. The van der Waals surface area contributed by atoms with E-state index in [1.807, 2.05) is 6.92 Å². The van der Waals surface area contributed by atoms with Crippen LogP contribution >= 0.6 is 0 Å². The summed E-state index contributed by atoms with van der Waals surface area (Å²) in [7, 11) is 0. The Kier molecular flexibility index (Phi) is 4.32. The van der Waals surface area contributed by atoms with Gasteiger partial charge >= 0.3 is 0 Å². The zero-order chi connectivity index (χ0) is 12.1. The van der Waals surface area contributed by atoms with Crippen LogP contribution in [0.3, 0.4) is 0 Å². The molecule has 2 nitrogen and oxygen atoms in total. The lowest BCUT2D eigenvalue weighted by Gasteiger charge is -2.33. The molecule has 1 aromatic rings. The number of carbonyl (C=O) groups excluding carboxylic acids is 1. The standard InChI is InChI=1S/C15H21NO/c1-13(12-17)16-9-7-15(8-10-16)11-14-5-3-2-4-6-14/h2-6,12-13,15H,7-11H2,1H3. The lowest BCUT2D eigenvalue weighted by atomic mass is 9.90. The molecule has 17 heavy (non-hydrogen) atoms. The molecule has 2 heteroatoms. The second-order valence-electron chi connectivity index (χ2n) is 5.05. The van der Waals surface area contributed by atoms with Crippen LogP contribution in [0.1, 0.15) is 25.3 Å². The number of hydrogen-bond donors (Lipinski definition) is 0. The molecule has 1 aliphatic rings. The normalized spacial score (nSPS) is 20.1. The Morgan fingerprint density at radius 2 is 1.94 bits per heavy atom. The number of piperidine rings is 1. The molecule has 1 unspecified atom stereocenters. The van der Waals surface area contributed by atoms with Gasteiger partial charge in [0.15, 0.2) is 0 Å². The molecule has 0 spiro atoms. The van der Waals surface area contributed by atoms with Crippen LogP contribution in [0.25, 0.3) is 0 Å². The summed E-state index contributed by atoms with van der Waals surface area (Å²) >= 11 is 0. The summed E-state index contributed by atoms with van der Waals surface area (Å²) < 4.78 is 0. The highest BCUT2D eigenvalue weighted by Gasteiger charge is 2.22. The van der Waals surface area contributed by atoms with Crippen molar-refractivity contribution in [1.82, 2.24) is 4.90 Å². The first-order chi connectivity index (χ1) is 8.29. The third kappa shape index (κ3) is 3.40. The van der Waals surface area contributed by atoms with E-state index >= 15 is 0 Å². The maximum atomic E-state index is 10.7. The average molecular weight is 231 g/mol. The molecule has 1 fully saturated rings. The number of benzene rings is 1. The van der Waals surface area contributed by atoms with Gasteiger partial charge in [-0.3, -0.25) is 4.90 Å². The van der Waals surface area contributed by atoms with Gasteiger partial charge in [0.1, 0.15) is 6.29 Å². The van der Waals surface area contributed by atoms with Crippen LogP contribution < -0.4 is 0 Å². The number of hydrogen-bond acceptors (Lipinski definition) is 2. The summed E-state index contributed by atoms with van der Waals surface area (Å²) in [5.41, 5.74) is 1.44. The molecule has 1 atom stereocenters. The van der Waals surface area contributed by atoms with Gasteiger partial charge in [-0.1, -0.05) is 30.3 Å². The molecular formula is C15H21NO. The largest absolute Gasteiger partial charge is 0.302 e. The summed E-state index contributed by atoms with van der Waals surface area (Å²) in [5, 5.41) is 0. The number of nitrogens with zero attached hydrogens (tertiary/aromatic N) is 1. The van der Waals surface area contributed by atoms with Crippen LogP contribution in [0, 0.1) is 5.92 Å². The minimum absolute atomic E-state index is 0.0904. The number of rotatable bonds is 4. The summed E-state index contributed by atoms with van der Waals surface area (Å²) in [4.78, 5) is 13.0. The lowest BCUT2D eigenvalue weighted by Crippen LogP contribution is -2.41. The van der Waals surface area contributed by atoms with E-state index in [9.17, 15) is 4.79 Å². The van der Waals surface area contributed by atoms with Crippen molar-refractivity contribution in [2.75, 3.05) is 13.1 Å². The highest BCUT2D eigenvalue weighted by molar-refractivity contribution is 5.56. The van der Waals surface area contributed by atoms with Crippen molar-refractivity contribution in [2.24, 2.45) is 5.92 Å². The molecule has 0 bridgehead atoms. The molecule has 0 aromatic heterocycles. The Morgan fingerprint density at radius 1 is 1.29 bits per heavy atom. The minimum atomic E-state index is 0.0904. The third-order valence-electron chi connectivity index (χ3n) is 3.79. The fourth-order valence-electron chi connectivity index (χ4n) is 2.60. The predicted molar refractivity (Wildman–Crippen MR) is 70.0 cm³/mol. The second-order valence-corrected chi connectivity index (χ2v) is 5.05. The van der Waals surface area contributed by atoms with E-state index in [1.165, 1.54) is 24.8 Å². The van der Waals surface area contributed by atoms with Crippen molar-refractivity contribution < 1.29 is 4.79 Å². The van der Waals surface area contributed by atoms with E-state index < -0.39 is 0 Å². The molecule has 1 saturated heterocycles. The molecule has 0 saturated carbocycles. The fraction of sp³-hybridized carbons (Fsp3) is 0.533. The molecule has 1 aliphatic heterocycles. The molecule has 2 rings (SSSR count). The SMILES string of the molecule is CC(C=O)N1CCC(Cc2ccccc2)CC1. The van der Waals surface area contributed by atoms with Gasteiger partial charge in [-0.2, -0.15) is 0 Å². The van der Waals surface area contributed by atoms with Crippen LogP contribution in [0.5, 0.6) is 0 Å². The molecular weight excluding hydrogens is 210 g/mol. The van der Waals surface area contributed by atoms with Gasteiger partial charge in [0.25, 0.3) is 0 Å². The van der Waals surface area contributed by atoms with Crippen LogP contribution in [0.2, 0.25) is 0 Å². The van der Waals surface area contributed by atoms with Crippen LogP contribution in [-0.2, 0) is 11.2 Å². The molecule has 0 N–H and O–H groups in total. The lowest BCUT2D eigenvalue weighted by molar-refractivity contribution is -0.112. The van der Waals surface area contributed by atoms with Gasteiger partial charge in [0, 0.05) is 0 Å². The first-order valence-corrected chi connectivity index (χ1v) is 6.53. The monoisotopic (exact) mass is 231 g/mol. The van der Waals surface area contributed by atoms with E-state index in [2.05, 4.69) is 35.2 Å². The van der Waals surface area contributed by atoms with Crippen molar-refractivity contribution in [2.45, 2.75) is 32.2 Å². The van der Waals surface area contributed by atoms with Gasteiger partial charge in [0.2, 0.25) is 0 Å². The van der Waals surface area contributed by atoms with Gasteiger partial charge in [-0.05, 0) is 50.8 Å². The first kappa shape index (κ1) is 12.3. The van der Waals surface area contributed by atoms with E-state index in [0.29, 0.717) is 0 Å². The zero-order valence-electron chi connectivity index (χ0n) is 10.5.